The second-order valence-corrected chi connectivity index (χ2v) is 18.0. The summed E-state index contributed by atoms with van der Waals surface area (Å²) >= 11 is 0. The zero-order valence-corrected chi connectivity index (χ0v) is 37.7. The van der Waals surface area contributed by atoms with Gasteiger partial charge in [0.15, 0.2) is 0 Å². The predicted molar refractivity (Wildman–Crippen MR) is 291 cm³/mol. The van der Waals surface area contributed by atoms with Gasteiger partial charge in [-0.1, -0.05) is 206 Å². The zero-order chi connectivity index (χ0) is 45.4. The second-order valence-electron chi connectivity index (χ2n) is 18.0. The maximum Gasteiger partial charge on any atom is 0.0641 e. The first-order valence-corrected chi connectivity index (χ1v) is 23.8. The molecule has 3 heteroatoms. The summed E-state index contributed by atoms with van der Waals surface area (Å²) in [4.78, 5) is 0. The third kappa shape index (κ3) is 6.07. The maximum atomic E-state index is 2.50. The van der Waals surface area contributed by atoms with E-state index in [2.05, 4.69) is 275 Å². The molecule has 69 heavy (non-hydrogen) atoms. The topological polar surface area (TPSA) is 14.8 Å². The third-order valence-corrected chi connectivity index (χ3v) is 14.2. The van der Waals surface area contributed by atoms with Crippen LogP contribution in [0.15, 0.2) is 261 Å². The average molecular weight is 878 g/mol. The van der Waals surface area contributed by atoms with Crippen LogP contribution in [0, 0.1) is 0 Å². The molecule has 0 bridgehead atoms. The van der Waals surface area contributed by atoms with E-state index in [9.17, 15) is 0 Å². The highest BCUT2D eigenvalue weighted by Crippen LogP contribution is 2.46. The van der Waals surface area contributed by atoms with Crippen molar-refractivity contribution in [2.45, 2.75) is 0 Å². The monoisotopic (exact) mass is 877 g/mol. The lowest BCUT2D eigenvalue weighted by Gasteiger charge is -2.19. The van der Waals surface area contributed by atoms with Crippen molar-refractivity contribution in [2.75, 3.05) is 0 Å². The minimum Gasteiger partial charge on any atom is -0.309 e. The number of hydrogen-bond donors (Lipinski definition) is 0. The lowest BCUT2D eigenvalue weighted by Crippen LogP contribution is -2.00. The summed E-state index contributed by atoms with van der Waals surface area (Å²) in [6.45, 7) is 0. The van der Waals surface area contributed by atoms with Crippen LogP contribution < -0.4 is 0 Å². The van der Waals surface area contributed by atoms with Crippen molar-refractivity contribution in [1.82, 2.24) is 13.7 Å². The largest absolute Gasteiger partial charge is 0.309 e. The number of benzene rings is 11. The molecular formula is C66H43N3. The lowest BCUT2D eigenvalue weighted by molar-refractivity contribution is 1.17. The van der Waals surface area contributed by atoms with Crippen molar-refractivity contribution in [3.8, 4) is 61.6 Å². The summed E-state index contributed by atoms with van der Waals surface area (Å²) in [7, 11) is 0. The molecule has 3 heterocycles. The number of rotatable bonds is 7. The quantitative estimate of drug-likeness (QED) is 0.152. The van der Waals surface area contributed by atoms with E-state index in [4.69, 9.17) is 0 Å². The van der Waals surface area contributed by atoms with Crippen LogP contribution in [0.1, 0.15) is 0 Å². The molecule has 0 aliphatic rings. The lowest BCUT2D eigenvalue weighted by atomic mass is 9.95. The van der Waals surface area contributed by atoms with Gasteiger partial charge in [0.2, 0.25) is 0 Å². The van der Waals surface area contributed by atoms with Gasteiger partial charge in [-0.15, -0.1) is 0 Å². The van der Waals surface area contributed by atoms with Crippen LogP contribution in [-0.4, -0.2) is 13.7 Å². The minimum atomic E-state index is 1.14. The standard InChI is InChI=1S/C66H43N3/c1-4-20-44(21-5-1)47-26-18-27-49(42-47)67-59-35-15-11-29-53(59)55-39-41-63-64(66(55)67)56-31-13-17-37-61(56)68(63)58-34-14-10-28-50(58)48-38-40-62-57(43-48)54-30-12-16-36-60(54)69(62)65-51(45-22-6-2-7-23-45)32-19-33-52(65)46-24-8-3-9-25-46/h1-43H. The Kier molecular flexibility index (Phi) is 8.90. The summed E-state index contributed by atoms with van der Waals surface area (Å²) in [5, 5.41) is 7.38. The maximum absolute atomic E-state index is 2.50. The fourth-order valence-electron chi connectivity index (χ4n) is 11.3. The van der Waals surface area contributed by atoms with E-state index in [0.29, 0.717) is 0 Å². The summed E-state index contributed by atoms with van der Waals surface area (Å²) < 4.78 is 7.49. The van der Waals surface area contributed by atoms with Crippen molar-refractivity contribution < 1.29 is 0 Å². The van der Waals surface area contributed by atoms with E-state index in [1.165, 1.54) is 116 Å². The van der Waals surface area contributed by atoms with Crippen LogP contribution in [0.5, 0.6) is 0 Å². The molecule has 0 fully saturated rings. The Morgan fingerprint density at radius 2 is 0.725 bits per heavy atom. The molecular weight excluding hydrogens is 835 g/mol. The Balaban J connectivity index is 1.01. The van der Waals surface area contributed by atoms with E-state index < -0.39 is 0 Å². The molecule has 14 rings (SSSR count). The highest BCUT2D eigenvalue weighted by molar-refractivity contribution is 6.26. The fraction of sp³-hybridized carbons (Fsp3) is 0. The third-order valence-electron chi connectivity index (χ3n) is 14.2. The van der Waals surface area contributed by atoms with Gasteiger partial charge in [-0.25, -0.2) is 0 Å². The van der Waals surface area contributed by atoms with Crippen molar-refractivity contribution in [2.24, 2.45) is 0 Å². The molecule has 14 aromatic rings. The molecule has 0 saturated carbocycles. The first kappa shape index (κ1) is 39.0. The number of hydrogen-bond acceptors (Lipinski definition) is 0. The van der Waals surface area contributed by atoms with E-state index in [1.54, 1.807) is 0 Å². The molecule has 3 aromatic heterocycles. The van der Waals surface area contributed by atoms with Gasteiger partial charge < -0.3 is 13.7 Å². The van der Waals surface area contributed by atoms with Crippen molar-refractivity contribution in [3.05, 3.63) is 261 Å². The minimum absolute atomic E-state index is 1.14. The molecule has 3 nitrogen and oxygen atoms in total. The van der Waals surface area contributed by atoms with Crippen LogP contribution in [0.3, 0.4) is 0 Å². The average Bonchev–Trinajstić information content (AvgIpc) is 4.07. The molecule has 0 saturated heterocycles. The summed E-state index contributed by atoms with van der Waals surface area (Å²) in [6.07, 6.45) is 0. The summed E-state index contributed by atoms with van der Waals surface area (Å²) in [5.74, 6) is 0. The van der Waals surface area contributed by atoms with E-state index in [-0.39, 0.29) is 0 Å². The number of aromatic nitrogens is 3. The zero-order valence-electron chi connectivity index (χ0n) is 37.7. The first-order chi connectivity index (χ1) is 34.3. The molecule has 322 valence electrons. The molecule has 0 aliphatic carbocycles. The van der Waals surface area contributed by atoms with Gasteiger partial charge >= 0.3 is 0 Å². The Morgan fingerprint density at radius 3 is 1.42 bits per heavy atom. The number of nitrogens with zero attached hydrogens (tertiary/aromatic N) is 3. The van der Waals surface area contributed by atoms with Crippen LogP contribution in [-0.2, 0) is 0 Å². The molecule has 0 amide bonds. The van der Waals surface area contributed by atoms with Crippen molar-refractivity contribution >= 4 is 65.4 Å². The number of para-hydroxylation sites is 5. The molecule has 0 radical (unpaired) electrons. The van der Waals surface area contributed by atoms with Gasteiger partial charge in [0, 0.05) is 54.7 Å². The Morgan fingerprint density at radius 1 is 0.232 bits per heavy atom. The van der Waals surface area contributed by atoms with Crippen LogP contribution in [0.2, 0.25) is 0 Å². The molecule has 0 atom stereocenters. The highest BCUT2D eigenvalue weighted by atomic mass is 15.0. The summed E-state index contributed by atoms with van der Waals surface area (Å²) in [6, 6.07) is 95.4. The molecule has 11 aromatic carbocycles. The first-order valence-electron chi connectivity index (χ1n) is 23.8. The molecule has 0 unspecified atom stereocenters. The fourth-order valence-corrected chi connectivity index (χ4v) is 11.3. The SMILES string of the molecule is c1ccc(-c2cccc(-n3c4ccccc4c4ccc5c(c6ccccc6n5-c5ccccc5-c5ccc6c(c5)c5ccccc5n6-c5c(-c6ccccc6)cccc5-c5ccccc5)c43)c2)cc1. The van der Waals surface area contributed by atoms with Gasteiger partial charge in [0.25, 0.3) is 0 Å². The van der Waals surface area contributed by atoms with Gasteiger partial charge in [-0.05, 0) is 82.4 Å². The van der Waals surface area contributed by atoms with Crippen LogP contribution in [0.4, 0.5) is 0 Å². The van der Waals surface area contributed by atoms with Gasteiger partial charge in [-0.2, -0.15) is 0 Å². The Labute approximate surface area is 399 Å². The van der Waals surface area contributed by atoms with Crippen molar-refractivity contribution in [3.63, 3.8) is 0 Å². The summed E-state index contributed by atoms with van der Waals surface area (Å²) in [5.41, 5.74) is 20.0. The highest BCUT2D eigenvalue weighted by Gasteiger charge is 2.24. The second kappa shape index (κ2) is 15.7. The predicted octanol–water partition coefficient (Wildman–Crippen LogP) is 17.6. The molecule has 0 aliphatic heterocycles. The van der Waals surface area contributed by atoms with Gasteiger partial charge in [-0.3, -0.25) is 0 Å². The van der Waals surface area contributed by atoms with Gasteiger partial charge in [0.1, 0.15) is 0 Å². The van der Waals surface area contributed by atoms with E-state index in [1.807, 2.05) is 0 Å². The van der Waals surface area contributed by atoms with Crippen LogP contribution in [0.25, 0.3) is 127 Å². The number of fused-ring (bicyclic) bond motifs is 10. The van der Waals surface area contributed by atoms with E-state index >= 15 is 0 Å². The van der Waals surface area contributed by atoms with E-state index in [0.717, 1.165) is 11.4 Å². The van der Waals surface area contributed by atoms with Crippen LogP contribution >= 0.6 is 0 Å². The smallest absolute Gasteiger partial charge is 0.0641 e. The van der Waals surface area contributed by atoms with Gasteiger partial charge in [0.05, 0.1) is 44.5 Å². The van der Waals surface area contributed by atoms with Crippen molar-refractivity contribution in [1.29, 1.82) is 0 Å². The molecule has 0 spiro atoms. The normalized spacial score (nSPS) is 11.8. The molecule has 0 N–H and O–H groups in total. The Hall–Kier alpha value is -9.18. The Bertz CT molecular complexity index is 4230.